The summed E-state index contributed by atoms with van der Waals surface area (Å²) >= 11 is 0. The maximum atomic E-state index is 13.7. The van der Waals surface area contributed by atoms with E-state index in [0.717, 1.165) is 0 Å². The first-order valence-corrected chi connectivity index (χ1v) is 6.40. The zero-order valence-electron chi connectivity index (χ0n) is 9.41. The first kappa shape index (κ1) is 14.3. The molecule has 0 aliphatic carbocycles. The maximum Gasteiger partial charge on any atom is 0.341 e. The molecule has 0 atom stereocenters. The van der Waals surface area contributed by atoms with E-state index >= 15 is 0 Å². The summed E-state index contributed by atoms with van der Waals surface area (Å²) in [7, 11) is -4.07. The van der Waals surface area contributed by atoms with E-state index in [9.17, 15) is 22.0 Å². The predicted octanol–water partition coefficient (Wildman–Crippen LogP) is 2.01. The fourth-order valence-corrected chi connectivity index (χ4v) is 2.83. The Balaban J connectivity index is 3.50. The molecule has 98 valence electrons. The van der Waals surface area contributed by atoms with Gasteiger partial charge in [-0.25, -0.2) is 22.0 Å². The normalized spacial score (nSPS) is 11.3. The largest absolute Gasteiger partial charge is 0.477 e. The van der Waals surface area contributed by atoms with Gasteiger partial charge in [0.1, 0.15) is 16.3 Å². The number of hydrogen-bond acceptors (Lipinski definition) is 3. The highest BCUT2D eigenvalue weighted by atomic mass is 32.2. The summed E-state index contributed by atoms with van der Waals surface area (Å²) in [6, 6.07) is 1.31. The number of benzene rings is 1. The van der Waals surface area contributed by atoms with Gasteiger partial charge in [-0.1, -0.05) is 12.2 Å². The van der Waals surface area contributed by atoms with Crippen molar-refractivity contribution in [1.82, 2.24) is 0 Å². The number of aromatic carboxylic acids is 1. The van der Waals surface area contributed by atoms with Crippen LogP contribution in [0.3, 0.4) is 0 Å². The Morgan fingerprint density at radius 3 is 2.39 bits per heavy atom. The van der Waals surface area contributed by atoms with Crippen molar-refractivity contribution in [3.8, 4) is 0 Å². The molecule has 0 radical (unpaired) electrons. The van der Waals surface area contributed by atoms with Crippen LogP contribution in [0.4, 0.5) is 8.78 Å². The van der Waals surface area contributed by atoms with Crippen LogP contribution in [0.25, 0.3) is 0 Å². The number of sulfone groups is 1. The van der Waals surface area contributed by atoms with Crippen molar-refractivity contribution in [3.63, 3.8) is 0 Å². The summed E-state index contributed by atoms with van der Waals surface area (Å²) in [4.78, 5) is 9.81. The number of carboxylic acids is 1. The van der Waals surface area contributed by atoms with Gasteiger partial charge in [0.25, 0.3) is 0 Å². The van der Waals surface area contributed by atoms with Crippen molar-refractivity contribution in [2.45, 2.75) is 11.8 Å². The molecule has 1 N–H and O–H groups in total. The van der Waals surface area contributed by atoms with E-state index < -0.39 is 43.7 Å². The summed E-state index contributed by atoms with van der Waals surface area (Å²) in [6.07, 6.45) is 0. The fraction of sp³-hybridized carbons (Fsp3) is 0.182. The van der Waals surface area contributed by atoms with Crippen molar-refractivity contribution < 1.29 is 27.1 Å². The average molecular weight is 276 g/mol. The molecular formula is C11H10F2O4S. The summed E-state index contributed by atoms with van der Waals surface area (Å²) in [6.45, 7) is 4.81. The minimum absolute atomic E-state index is 0.260. The summed E-state index contributed by atoms with van der Waals surface area (Å²) < 4.78 is 50.3. The van der Waals surface area contributed by atoms with Gasteiger partial charge in [-0.15, -0.1) is 0 Å². The molecule has 0 unspecified atom stereocenters. The standard InChI is InChI=1S/C11H10F2O4S/c1-6(2)5-18(16,17)8-4-3-7(12)9(10(8)13)11(14)15/h3-4H,1,5H2,2H3,(H,14,15). The number of carbonyl (C=O) groups is 1. The first-order chi connectivity index (χ1) is 8.16. The van der Waals surface area contributed by atoms with Crippen LogP contribution in [0, 0.1) is 11.6 Å². The molecule has 0 aromatic heterocycles. The molecule has 0 amide bonds. The molecule has 1 aromatic carbocycles. The quantitative estimate of drug-likeness (QED) is 0.674. The van der Waals surface area contributed by atoms with Crippen LogP contribution in [0.1, 0.15) is 17.3 Å². The smallest absolute Gasteiger partial charge is 0.341 e. The van der Waals surface area contributed by atoms with Crippen LogP contribution in [0.2, 0.25) is 0 Å². The lowest BCUT2D eigenvalue weighted by Crippen LogP contribution is -2.14. The van der Waals surface area contributed by atoms with E-state index in [1.165, 1.54) is 6.92 Å². The average Bonchev–Trinajstić information content (AvgIpc) is 2.13. The molecule has 0 heterocycles. The molecule has 0 bridgehead atoms. The van der Waals surface area contributed by atoms with E-state index in [4.69, 9.17) is 5.11 Å². The van der Waals surface area contributed by atoms with Gasteiger partial charge in [0.2, 0.25) is 0 Å². The SMILES string of the molecule is C=C(C)CS(=O)(=O)c1ccc(F)c(C(=O)O)c1F. The van der Waals surface area contributed by atoms with Gasteiger partial charge in [-0.2, -0.15) is 0 Å². The van der Waals surface area contributed by atoms with E-state index in [1.54, 1.807) is 0 Å². The van der Waals surface area contributed by atoms with Crippen molar-refractivity contribution >= 4 is 15.8 Å². The van der Waals surface area contributed by atoms with Crippen molar-refractivity contribution in [1.29, 1.82) is 0 Å². The molecule has 4 nitrogen and oxygen atoms in total. The molecule has 0 spiro atoms. The molecule has 0 aliphatic rings. The fourth-order valence-electron chi connectivity index (χ4n) is 1.37. The maximum absolute atomic E-state index is 13.7. The van der Waals surface area contributed by atoms with Crippen LogP contribution in [0.5, 0.6) is 0 Å². The summed E-state index contributed by atoms with van der Waals surface area (Å²) in [5.74, 6) is -5.32. The van der Waals surface area contributed by atoms with Crippen molar-refractivity contribution in [2.24, 2.45) is 0 Å². The van der Waals surface area contributed by atoms with Crippen LogP contribution in [0.15, 0.2) is 29.2 Å². The second-order valence-corrected chi connectivity index (χ2v) is 5.71. The number of rotatable bonds is 4. The minimum atomic E-state index is -4.07. The van der Waals surface area contributed by atoms with E-state index in [1.807, 2.05) is 0 Å². The van der Waals surface area contributed by atoms with E-state index in [2.05, 4.69) is 6.58 Å². The van der Waals surface area contributed by atoms with E-state index in [-0.39, 0.29) is 5.57 Å². The molecule has 7 heteroatoms. The molecule has 0 saturated carbocycles. The van der Waals surface area contributed by atoms with Gasteiger partial charge in [0, 0.05) is 0 Å². The molecule has 1 rings (SSSR count). The molecule has 0 fully saturated rings. The van der Waals surface area contributed by atoms with Crippen molar-refractivity contribution in [3.05, 3.63) is 41.5 Å². The Labute approximate surface area is 102 Å². The highest BCUT2D eigenvalue weighted by molar-refractivity contribution is 7.91. The van der Waals surface area contributed by atoms with Crippen molar-refractivity contribution in [2.75, 3.05) is 5.75 Å². The topological polar surface area (TPSA) is 71.4 Å². The first-order valence-electron chi connectivity index (χ1n) is 4.75. The van der Waals surface area contributed by atoms with E-state index in [0.29, 0.717) is 12.1 Å². The second kappa shape index (κ2) is 4.85. The molecular weight excluding hydrogens is 266 g/mol. The number of carboxylic acid groups (broad SMARTS) is 1. The Bertz CT molecular complexity index is 620. The lowest BCUT2D eigenvalue weighted by atomic mass is 10.2. The summed E-state index contributed by atoms with van der Waals surface area (Å²) in [5, 5.41) is 8.63. The lowest BCUT2D eigenvalue weighted by Gasteiger charge is -2.08. The number of hydrogen-bond donors (Lipinski definition) is 1. The second-order valence-electron chi connectivity index (χ2n) is 3.76. The Morgan fingerprint density at radius 2 is 1.94 bits per heavy atom. The molecule has 18 heavy (non-hydrogen) atoms. The van der Waals surface area contributed by atoms with Crippen LogP contribution < -0.4 is 0 Å². The Kier molecular flexibility index (Phi) is 3.85. The van der Waals surface area contributed by atoms with Gasteiger partial charge in [-0.3, -0.25) is 0 Å². The highest BCUT2D eigenvalue weighted by Crippen LogP contribution is 2.23. The highest BCUT2D eigenvalue weighted by Gasteiger charge is 2.26. The minimum Gasteiger partial charge on any atom is -0.477 e. The predicted molar refractivity (Wildman–Crippen MR) is 60.2 cm³/mol. The zero-order valence-corrected chi connectivity index (χ0v) is 10.2. The Morgan fingerprint density at radius 1 is 1.39 bits per heavy atom. The number of halogens is 2. The van der Waals surface area contributed by atoms with Gasteiger partial charge < -0.3 is 5.11 Å². The molecule has 0 aliphatic heterocycles. The molecule has 0 saturated heterocycles. The van der Waals surface area contributed by atoms with Gasteiger partial charge in [0.05, 0.1) is 5.75 Å². The third-order valence-electron chi connectivity index (χ3n) is 2.04. The van der Waals surface area contributed by atoms with Gasteiger partial charge in [0.15, 0.2) is 15.7 Å². The van der Waals surface area contributed by atoms with Crippen LogP contribution in [-0.4, -0.2) is 25.2 Å². The molecule has 1 aromatic rings. The third-order valence-corrected chi connectivity index (χ3v) is 3.90. The lowest BCUT2D eigenvalue weighted by molar-refractivity contribution is 0.0685. The monoisotopic (exact) mass is 276 g/mol. The van der Waals surface area contributed by atoms with Gasteiger partial charge in [-0.05, 0) is 19.1 Å². The third kappa shape index (κ3) is 2.73. The van der Waals surface area contributed by atoms with Gasteiger partial charge >= 0.3 is 5.97 Å². The zero-order chi connectivity index (χ0) is 14.1. The van der Waals surface area contributed by atoms with Crippen LogP contribution in [-0.2, 0) is 9.84 Å². The van der Waals surface area contributed by atoms with Crippen LogP contribution >= 0.6 is 0 Å². The Hall–Kier alpha value is -1.76. The summed E-state index contributed by atoms with van der Waals surface area (Å²) in [5.41, 5.74) is -1.02.